The first-order chi connectivity index (χ1) is 7.36. The predicted molar refractivity (Wildman–Crippen MR) is 61.1 cm³/mol. The highest BCUT2D eigenvalue weighted by Gasteiger charge is 2.04. The summed E-state index contributed by atoms with van der Waals surface area (Å²) in [6.07, 6.45) is 7.64. The van der Waals surface area contributed by atoms with Crippen molar-refractivity contribution >= 4 is 11.9 Å². The molecule has 2 N–H and O–H groups in total. The lowest BCUT2D eigenvalue weighted by molar-refractivity contribution is -0.159. The Balaban J connectivity index is 0. The Hall–Kier alpha value is -1.54. The first-order valence-electron chi connectivity index (χ1n) is 4.96. The van der Waals surface area contributed by atoms with Crippen LogP contribution in [0.4, 0.5) is 0 Å². The molecule has 1 atom stereocenters. The maximum absolute atomic E-state index is 9.10. The van der Waals surface area contributed by atoms with Crippen LogP contribution in [0.15, 0.2) is 0 Å². The molecule has 0 aromatic rings. The smallest absolute Gasteiger partial charge is 0.414 e. The summed E-state index contributed by atoms with van der Waals surface area (Å²) in [7, 11) is 2.07. The fourth-order valence-corrected chi connectivity index (χ4v) is 0.938. The summed E-state index contributed by atoms with van der Waals surface area (Å²) in [5.41, 5.74) is 0. The standard InChI is InChI=1S/C9H17N.C2H2O4/c1-5-7-9(3)10(4)8-6-2;3-1(4)2(5)6/h2,9H,5,7-8H2,1,3-4H3;(H,3,4)(H,5,6). The highest BCUT2D eigenvalue weighted by atomic mass is 16.4. The van der Waals surface area contributed by atoms with E-state index in [1.54, 1.807) is 0 Å². The van der Waals surface area contributed by atoms with Crippen LogP contribution < -0.4 is 0 Å². The van der Waals surface area contributed by atoms with Crippen molar-refractivity contribution in [2.75, 3.05) is 13.6 Å². The van der Waals surface area contributed by atoms with Crippen LogP contribution in [0.25, 0.3) is 0 Å². The molecule has 0 aromatic heterocycles. The van der Waals surface area contributed by atoms with Crippen LogP contribution in [0.5, 0.6) is 0 Å². The van der Waals surface area contributed by atoms with Crippen LogP contribution in [0.2, 0.25) is 0 Å². The molecule has 16 heavy (non-hydrogen) atoms. The van der Waals surface area contributed by atoms with Crippen molar-refractivity contribution in [3.05, 3.63) is 0 Å². The SMILES string of the molecule is C#CCN(C)C(C)CCC.O=C(O)C(=O)O. The Morgan fingerprint density at radius 2 is 1.81 bits per heavy atom. The molecule has 0 saturated heterocycles. The topological polar surface area (TPSA) is 77.8 Å². The van der Waals surface area contributed by atoms with Crippen molar-refractivity contribution < 1.29 is 19.8 Å². The van der Waals surface area contributed by atoms with Crippen molar-refractivity contribution in [2.45, 2.75) is 32.7 Å². The van der Waals surface area contributed by atoms with E-state index in [2.05, 4.69) is 31.7 Å². The van der Waals surface area contributed by atoms with Crippen LogP contribution in [0.1, 0.15) is 26.7 Å². The number of rotatable bonds is 4. The van der Waals surface area contributed by atoms with Crippen molar-refractivity contribution in [1.29, 1.82) is 0 Å². The zero-order chi connectivity index (χ0) is 13.1. The molecule has 0 aromatic carbocycles. The van der Waals surface area contributed by atoms with E-state index in [4.69, 9.17) is 26.2 Å². The summed E-state index contributed by atoms with van der Waals surface area (Å²) in [4.78, 5) is 20.4. The van der Waals surface area contributed by atoms with E-state index < -0.39 is 11.9 Å². The van der Waals surface area contributed by atoms with Gasteiger partial charge >= 0.3 is 11.9 Å². The maximum Gasteiger partial charge on any atom is 0.414 e. The molecular formula is C11H19NO4. The molecule has 0 spiro atoms. The number of carbonyl (C=O) groups is 2. The number of terminal acetylenes is 1. The van der Waals surface area contributed by atoms with Crippen molar-refractivity contribution in [1.82, 2.24) is 4.90 Å². The van der Waals surface area contributed by atoms with E-state index in [0.717, 1.165) is 6.54 Å². The van der Waals surface area contributed by atoms with Gasteiger partial charge in [-0.3, -0.25) is 4.90 Å². The fourth-order valence-electron chi connectivity index (χ4n) is 0.938. The largest absolute Gasteiger partial charge is 0.473 e. The van der Waals surface area contributed by atoms with E-state index in [0.29, 0.717) is 6.04 Å². The van der Waals surface area contributed by atoms with Crippen LogP contribution in [-0.4, -0.2) is 46.7 Å². The second-order valence-corrected chi connectivity index (χ2v) is 3.37. The quantitative estimate of drug-likeness (QED) is 0.553. The van der Waals surface area contributed by atoms with Crippen LogP contribution in [-0.2, 0) is 9.59 Å². The molecule has 0 fully saturated rings. The molecule has 0 aliphatic rings. The molecule has 0 radical (unpaired) electrons. The second-order valence-electron chi connectivity index (χ2n) is 3.37. The lowest BCUT2D eigenvalue weighted by Gasteiger charge is -2.21. The number of aliphatic carboxylic acids is 2. The van der Waals surface area contributed by atoms with Gasteiger partial charge in [-0.25, -0.2) is 9.59 Å². The summed E-state index contributed by atoms with van der Waals surface area (Å²) in [5.74, 6) is -1.02. The highest BCUT2D eigenvalue weighted by molar-refractivity contribution is 6.27. The zero-order valence-corrected chi connectivity index (χ0v) is 9.93. The lowest BCUT2D eigenvalue weighted by Crippen LogP contribution is -2.28. The normalized spacial score (nSPS) is 10.9. The average molecular weight is 229 g/mol. The van der Waals surface area contributed by atoms with Gasteiger partial charge in [-0.1, -0.05) is 19.3 Å². The first-order valence-corrected chi connectivity index (χ1v) is 4.96. The van der Waals surface area contributed by atoms with Crippen LogP contribution in [0, 0.1) is 12.3 Å². The second kappa shape index (κ2) is 9.99. The Morgan fingerprint density at radius 3 is 2.06 bits per heavy atom. The van der Waals surface area contributed by atoms with Gasteiger partial charge in [-0.2, -0.15) is 0 Å². The van der Waals surface area contributed by atoms with Gasteiger partial charge in [0, 0.05) is 6.04 Å². The van der Waals surface area contributed by atoms with Gasteiger partial charge in [-0.15, -0.1) is 6.42 Å². The van der Waals surface area contributed by atoms with Gasteiger partial charge in [0.25, 0.3) is 0 Å². The van der Waals surface area contributed by atoms with Gasteiger partial charge in [0.15, 0.2) is 0 Å². The molecule has 0 rings (SSSR count). The van der Waals surface area contributed by atoms with Crippen molar-refractivity contribution in [3.63, 3.8) is 0 Å². The summed E-state index contributed by atoms with van der Waals surface area (Å²) in [6, 6.07) is 0.626. The van der Waals surface area contributed by atoms with Gasteiger partial charge < -0.3 is 10.2 Å². The summed E-state index contributed by atoms with van der Waals surface area (Å²) in [5, 5.41) is 14.8. The summed E-state index contributed by atoms with van der Waals surface area (Å²) < 4.78 is 0. The van der Waals surface area contributed by atoms with Crippen LogP contribution in [0.3, 0.4) is 0 Å². The van der Waals surface area contributed by atoms with Crippen LogP contribution >= 0.6 is 0 Å². The van der Waals surface area contributed by atoms with E-state index in [1.807, 2.05) is 0 Å². The third kappa shape index (κ3) is 10.5. The molecule has 5 nitrogen and oxygen atoms in total. The minimum absolute atomic E-state index is 0.626. The molecule has 0 saturated carbocycles. The Morgan fingerprint density at radius 1 is 1.38 bits per heavy atom. The zero-order valence-electron chi connectivity index (χ0n) is 9.93. The summed E-state index contributed by atoms with van der Waals surface area (Å²) >= 11 is 0. The maximum atomic E-state index is 9.10. The number of carboxylic acid groups (broad SMARTS) is 2. The molecule has 92 valence electrons. The van der Waals surface area contributed by atoms with Gasteiger partial charge in [-0.05, 0) is 20.4 Å². The number of nitrogens with zero attached hydrogens (tertiary/aromatic N) is 1. The molecule has 0 heterocycles. The molecular weight excluding hydrogens is 210 g/mol. The summed E-state index contributed by atoms with van der Waals surface area (Å²) in [6.45, 7) is 5.17. The van der Waals surface area contributed by atoms with Gasteiger partial charge in [0.2, 0.25) is 0 Å². The minimum Gasteiger partial charge on any atom is -0.473 e. The van der Waals surface area contributed by atoms with Gasteiger partial charge in [0.05, 0.1) is 6.54 Å². The van der Waals surface area contributed by atoms with E-state index in [1.165, 1.54) is 12.8 Å². The third-order valence-corrected chi connectivity index (χ3v) is 1.98. The minimum atomic E-state index is -1.82. The Bertz CT molecular complexity index is 245. The third-order valence-electron chi connectivity index (χ3n) is 1.98. The van der Waals surface area contributed by atoms with E-state index in [9.17, 15) is 0 Å². The highest BCUT2D eigenvalue weighted by Crippen LogP contribution is 2.02. The Kier molecular flexibility index (Phi) is 10.5. The van der Waals surface area contributed by atoms with Crippen molar-refractivity contribution in [2.24, 2.45) is 0 Å². The predicted octanol–water partition coefficient (Wildman–Crippen LogP) is 0.896. The lowest BCUT2D eigenvalue weighted by atomic mass is 10.2. The first kappa shape index (κ1) is 16.9. The number of hydrogen-bond donors (Lipinski definition) is 2. The molecule has 0 bridgehead atoms. The molecule has 5 heteroatoms. The number of carboxylic acids is 2. The number of hydrogen-bond acceptors (Lipinski definition) is 3. The van der Waals surface area contributed by atoms with Crippen molar-refractivity contribution in [3.8, 4) is 12.3 Å². The fraction of sp³-hybridized carbons (Fsp3) is 0.636. The molecule has 1 unspecified atom stereocenters. The molecule has 0 aliphatic heterocycles. The van der Waals surface area contributed by atoms with Gasteiger partial charge in [0.1, 0.15) is 0 Å². The average Bonchev–Trinajstić information content (AvgIpc) is 2.19. The molecule has 0 aliphatic carbocycles. The molecule has 0 amide bonds. The van der Waals surface area contributed by atoms with E-state index in [-0.39, 0.29) is 0 Å². The monoisotopic (exact) mass is 229 g/mol. The Labute approximate surface area is 96.1 Å². The van der Waals surface area contributed by atoms with E-state index >= 15 is 0 Å².